The van der Waals surface area contributed by atoms with Gasteiger partial charge in [-0.3, -0.25) is 0 Å². The van der Waals surface area contributed by atoms with E-state index < -0.39 is 13.0 Å². The Hall–Kier alpha value is -1.37. The van der Waals surface area contributed by atoms with Gasteiger partial charge in [0.15, 0.2) is 5.96 Å². The number of nitrogens with zero attached hydrogens (tertiary/aromatic N) is 1. The number of halogens is 3. The number of nitrogens with one attached hydrogen (secondary N) is 2. The summed E-state index contributed by atoms with van der Waals surface area (Å²) in [7, 11) is 0. The molecule has 1 rings (SSSR count). The van der Waals surface area contributed by atoms with Crippen molar-refractivity contribution < 1.29 is 13.2 Å². The van der Waals surface area contributed by atoms with E-state index in [-0.39, 0.29) is 5.82 Å². The molecule has 0 aliphatic carbocycles. The molecule has 0 heterocycles. The van der Waals surface area contributed by atoms with Gasteiger partial charge in [0, 0.05) is 12.3 Å². The highest BCUT2D eigenvalue weighted by Crippen LogP contribution is 2.17. The summed E-state index contributed by atoms with van der Waals surface area (Å²) in [6.07, 6.45) is -0.501. The van der Waals surface area contributed by atoms with Crippen LogP contribution >= 0.6 is 11.8 Å². The Morgan fingerprint density at radius 1 is 1.29 bits per heavy atom. The molecule has 0 saturated heterocycles. The summed E-state index contributed by atoms with van der Waals surface area (Å²) < 4.78 is 37.7. The number of rotatable bonds is 7. The SMILES string of the molecule is CCNC(=NCc1ccc(F)cc1CSC)NCC(F)F. The minimum absolute atomic E-state index is 0.283. The largest absolute Gasteiger partial charge is 0.357 e. The highest BCUT2D eigenvalue weighted by Gasteiger charge is 2.06. The summed E-state index contributed by atoms with van der Waals surface area (Å²) >= 11 is 1.59. The molecule has 21 heavy (non-hydrogen) atoms. The van der Waals surface area contributed by atoms with Crippen LogP contribution < -0.4 is 10.6 Å². The van der Waals surface area contributed by atoms with Crippen molar-refractivity contribution in [3.8, 4) is 0 Å². The van der Waals surface area contributed by atoms with Crippen molar-refractivity contribution in [2.75, 3.05) is 19.3 Å². The fraction of sp³-hybridized carbons (Fsp3) is 0.500. The molecule has 7 heteroatoms. The van der Waals surface area contributed by atoms with Crippen LogP contribution in [0.1, 0.15) is 18.1 Å². The number of aliphatic imine (C=N–C) groups is 1. The van der Waals surface area contributed by atoms with Crippen LogP contribution in [0, 0.1) is 5.82 Å². The highest BCUT2D eigenvalue weighted by molar-refractivity contribution is 7.97. The van der Waals surface area contributed by atoms with E-state index in [1.807, 2.05) is 13.2 Å². The predicted molar refractivity (Wildman–Crippen MR) is 82.4 cm³/mol. The first kappa shape index (κ1) is 17.7. The van der Waals surface area contributed by atoms with Crippen molar-refractivity contribution in [2.24, 2.45) is 4.99 Å². The molecule has 0 unspecified atom stereocenters. The van der Waals surface area contributed by atoms with Gasteiger partial charge in [-0.25, -0.2) is 18.2 Å². The lowest BCUT2D eigenvalue weighted by molar-refractivity contribution is 0.152. The van der Waals surface area contributed by atoms with Crippen molar-refractivity contribution in [1.82, 2.24) is 10.6 Å². The standard InChI is InChI=1S/C14H20F3N3S/c1-3-18-14(20-8-13(16)17)19-7-10-4-5-12(15)6-11(10)9-21-2/h4-6,13H,3,7-9H2,1-2H3,(H2,18,19,20). The molecule has 2 N–H and O–H groups in total. The second-order valence-corrected chi connectivity index (χ2v) is 5.18. The van der Waals surface area contributed by atoms with Crippen LogP contribution in [0.5, 0.6) is 0 Å². The molecule has 1 aromatic rings. The fourth-order valence-corrected chi connectivity index (χ4v) is 2.30. The zero-order valence-corrected chi connectivity index (χ0v) is 12.9. The van der Waals surface area contributed by atoms with Gasteiger partial charge >= 0.3 is 0 Å². The number of hydrogen-bond acceptors (Lipinski definition) is 2. The van der Waals surface area contributed by atoms with Crippen LogP contribution in [-0.2, 0) is 12.3 Å². The fourth-order valence-electron chi connectivity index (χ4n) is 1.72. The van der Waals surface area contributed by atoms with E-state index in [1.165, 1.54) is 12.1 Å². The molecule has 0 amide bonds. The Bertz CT molecular complexity index is 467. The van der Waals surface area contributed by atoms with Gasteiger partial charge in [0.05, 0.1) is 13.1 Å². The number of benzene rings is 1. The summed E-state index contributed by atoms with van der Waals surface area (Å²) in [6, 6.07) is 4.55. The summed E-state index contributed by atoms with van der Waals surface area (Å²) in [6.45, 7) is 2.30. The Kier molecular flexibility index (Phi) is 8.04. The second kappa shape index (κ2) is 9.55. The van der Waals surface area contributed by atoms with E-state index in [1.54, 1.807) is 17.8 Å². The van der Waals surface area contributed by atoms with E-state index >= 15 is 0 Å². The first-order valence-corrected chi connectivity index (χ1v) is 8.02. The third-order valence-electron chi connectivity index (χ3n) is 2.64. The quantitative estimate of drug-likeness (QED) is 0.599. The lowest BCUT2D eigenvalue weighted by Gasteiger charge is -2.12. The Balaban J connectivity index is 2.78. The molecule has 0 fully saturated rings. The molecule has 1 aromatic carbocycles. The number of guanidine groups is 1. The highest BCUT2D eigenvalue weighted by atomic mass is 32.2. The van der Waals surface area contributed by atoms with Gasteiger partial charge in [0.25, 0.3) is 6.43 Å². The monoisotopic (exact) mass is 319 g/mol. The summed E-state index contributed by atoms with van der Waals surface area (Å²) in [4.78, 5) is 4.26. The third-order valence-corrected chi connectivity index (χ3v) is 3.24. The van der Waals surface area contributed by atoms with Crippen LogP contribution in [0.25, 0.3) is 0 Å². The van der Waals surface area contributed by atoms with Crippen molar-refractivity contribution in [3.63, 3.8) is 0 Å². The first-order valence-electron chi connectivity index (χ1n) is 6.63. The van der Waals surface area contributed by atoms with Crippen molar-refractivity contribution in [3.05, 3.63) is 35.1 Å². The van der Waals surface area contributed by atoms with E-state index in [4.69, 9.17) is 0 Å². The van der Waals surface area contributed by atoms with Crippen LogP contribution in [0.4, 0.5) is 13.2 Å². The molecule has 118 valence electrons. The third kappa shape index (κ3) is 6.75. The van der Waals surface area contributed by atoms with Gasteiger partial charge in [-0.05, 0) is 36.4 Å². The first-order chi connectivity index (χ1) is 10.1. The average molecular weight is 319 g/mol. The van der Waals surface area contributed by atoms with Crippen LogP contribution in [0.15, 0.2) is 23.2 Å². The van der Waals surface area contributed by atoms with Gasteiger partial charge in [0.2, 0.25) is 0 Å². The smallest absolute Gasteiger partial charge is 0.255 e. The summed E-state index contributed by atoms with van der Waals surface area (Å²) in [5, 5.41) is 5.46. The Labute approximate surface area is 127 Å². The molecule has 0 atom stereocenters. The van der Waals surface area contributed by atoms with E-state index in [2.05, 4.69) is 15.6 Å². The molecule has 0 aromatic heterocycles. The van der Waals surface area contributed by atoms with Crippen molar-refractivity contribution in [2.45, 2.75) is 25.6 Å². The lowest BCUT2D eigenvalue weighted by atomic mass is 10.1. The Morgan fingerprint density at radius 3 is 2.67 bits per heavy atom. The maximum atomic E-state index is 13.2. The molecule has 0 bridgehead atoms. The minimum Gasteiger partial charge on any atom is -0.357 e. The van der Waals surface area contributed by atoms with Crippen LogP contribution in [0.3, 0.4) is 0 Å². The maximum Gasteiger partial charge on any atom is 0.255 e. The van der Waals surface area contributed by atoms with Crippen molar-refractivity contribution >= 4 is 17.7 Å². The van der Waals surface area contributed by atoms with Gasteiger partial charge in [-0.1, -0.05) is 6.07 Å². The number of alkyl halides is 2. The molecular weight excluding hydrogens is 299 g/mol. The Morgan fingerprint density at radius 2 is 2.05 bits per heavy atom. The van der Waals surface area contributed by atoms with Crippen LogP contribution in [0.2, 0.25) is 0 Å². The lowest BCUT2D eigenvalue weighted by Crippen LogP contribution is -2.39. The summed E-state index contributed by atoms with van der Waals surface area (Å²) in [5.41, 5.74) is 1.76. The zero-order valence-electron chi connectivity index (χ0n) is 12.1. The van der Waals surface area contributed by atoms with E-state index in [0.29, 0.717) is 24.8 Å². The maximum absolute atomic E-state index is 13.2. The molecule has 0 spiro atoms. The average Bonchev–Trinajstić information content (AvgIpc) is 2.43. The zero-order chi connectivity index (χ0) is 15.7. The van der Waals surface area contributed by atoms with Crippen LogP contribution in [-0.4, -0.2) is 31.7 Å². The second-order valence-electron chi connectivity index (χ2n) is 4.31. The minimum atomic E-state index is -2.44. The molecule has 0 saturated carbocycles. The van der Waals surface area contributed by atoms with Gasteiger partial charge in [-0.2, -0.15) is 11.8 Å². The molecule has 3 nitrogen and oxygen atoms in total. The molecule has 0 aliphatic heterocycles. The molecule has 0 radical (unpaired) electrons. The predicted octanol–water partition coefficient (Wildman–Crippen LogP) is 3.01. The molecular formula is C14H20F3N3S. The number of thioether (sulfide) groups is 1. The molecule has 0 aliphatic rings. The van der Waals surface area contributed by atoms with Gasteiger partial charge in [0.1, 0.15) is 5.82 Å². The normalized spacial score (nSPS) is 11.8. The number of hydrogen-bond donors (Lipinski definition) is 2. The van der Waals surface area contributed by atoms with E-state index in [9.17, 15) is 13.2 Å². The topological polar surface area (TPSA) is 36.4 Å². The van der Waals surface area contributed by atoms with E-state index in [0.717, 1.165) is 11.1 Å². The summed E-state index contributed by atoms with van der Waals surface area (Å²) in [5.74, 6) is 0.732. The van der Waals surface area contributed by atoms with Crippen molar-refractivity contribution in [1.29, 1.82) is 0 Å². The van der Waals surface area contributed by atoms with Gasteiger partial charge in [-0.15, -0.1) is 0 Å². The van der Waals surface area contributed by atoms with Gasteiger partial charge < -0.3 is 10.6 Å².